The lowest BCUT2D eigenvalue weighted by Crippen LogP contribution is -2.53. The number of benzene rings is 1. The van der Waals surface area contributed by atoms with Gasteiger partial charge in [-0.3, -0.25) is 9.69 Å². The van der Waals surface area contributed by atoms with Crippen molar-refractivity contribution < 1.29 is 28.2 Å². The minimum Gasteiger partial charge on any atom is -0.493 e. The van der Waals surface area contributed by atoms with Crippen molar-refractivity contribution in [3.63, 3.8) is 0 Å². The minimum atomic E-state index is -2.89. The molecule has 0 unspecified atom stereocenters. The number of hydrogen-bond donors (Lipinski definition) is 2. The molecule has 0 bridgehead atoms. The molecule has 1 aromatic carbocycles. The molecule has 0 radical (unpaired) electrons. The predicted octanol–water partition coefficient (Wildman–Crippen LogP) is 2.32. The van der Waals surface area contributed by atoms with Gasteiger partial charge in [0, 0.05) is 18.6 Å². The Balaban J connectivity index is 1.82. The molecule has 0 atom stereocenters. The van der Waals surface area contributed by atoms with E-state index in [-0.39, 0.29) is 24.1 Å². The van der Waals surface area contributed by atoms with Crippen LogP contribution >= 0.6 is 0 Å². The van der Waals surface area contributed by atoms with E-state index in [1.807, 2.05) is 11.8 Å². The molecule has 140 valence electrons. The maximum absolute atomic E-state index is 12.3. The third-order valence-electron chi connectivity index (χ3n) is 4.41. The van der Waals surface area contributed by atoms with E-state index in [2.05, 4.69) is 10.1 Å². The van der Waals surface area contributed by atoms with Crippen molar-refractivity contribution in [1.29, 1.82) is 0 Å². The Morgan fingerprint density at radius 3 is 2.68 bits per heavy atom. The molecule has 0 heterocycles. The number of alkyl halides is 2. The summed E-state index contributed by atoms with van der Waals surface area (Å²) >= 11 is 0. The first-order valence-corrected chi connectivity index (χ1v) is 8.23. The lowest BCUT2D eigenvalue weighted by molar-refractivity contribution is -0.139. The molecule has 25 heavy (non-hydrogen) atoms. The van der Waals surface area contributed by atoms with Gasteiger partial charge < -0.3 is 19.9 Å². The van der Waals surface area contributed by atoms with Crippen molar-refractivity contribution in [1.82, 2.24) is 10.2 Å². The van der Waals surface area contributed by atoms with Gasteiger partial charge in [-0.25, -0.2) is 0 Å². The Kier molecular flexibility index (Phi) is 6.95. The average molecular weight is 358 g/mol. The van der Waals surface area contributed by atoms with Gasteiger partial charge in [-0.15, -0.1) is 0 Å². The van der Waals surface area contributed by atoms with Gasteiger partial charge in [0.1, 0.15) is 0 Å². The van der Waals surface area contributed by atoms with Crippen molar-refractivity contribution in [2.75, 3.05) is 20.2 Å². The Morgan fingerprint density at radius 1 is 1.40 bits per heavy atom. The summed E-state index contributed by atoms with van der Waals surface area (Å²) in [6.07, 6.45) is 1.79. The van der Waals surface area contributed by atoms with Gasteiger partial charge in [-0.2, -0.15) is 8.78 Å². The molecule has 1 fully saturated rings. The first-order valence-electron chi connectivity index (χ1n) is 8.23. The van der Waals surface area contributed by atoms with Crippen LogP contribution in [0.2, 0.25) is 0 Å². The predicted molar refractivity (Wildman–Crippen MR) is 88.2 cm³/mol. The van der Waals surface area contributed by atoms with Crippen molar-refractivity contribution in [2.45, 2.75) is 45.0 Å². The van der Waals surface area contributed by atoms with Crippen LogP contribution in [0.4, 0.5) is 8.78 Å². The van der Waals surface area contributed by atoms with Crippen LogP contribution in [0.3, 0.4) is 0 Å². The van der Waals surface area contributed by atoms with Crippen LogP contribution in [0.15, 0.2) is 18.2 Å². The topological polar surface area (TPSA) is 71.0 Å². The number of ether oxygens (including phenoxy) is 2. The fourth-order valence-corrected chi connectivity index (χ4v) is 3.00. The van der Waals surface area contributed by atoms with Crippen LogP contribution in [-0.2, 0) is 11.3 Å². The van der Waals surface area contributed by atoms with E-state index in [0.717, 1.165) is 18.4 Å². The second-order valence-electron chi connectivity index (χ2n) is 6.02. The molecule has 1 aliphatic carbocycles. The highest BCUT2D eigenvalue weighted by atomic mass is 19.3. The van der Waals surface area contributed by atoms with Crippen molar-refractivity contribution in [3.8, 4) is 11.5 Å². The summed E-state index contributed by atoms with van der Waals surface area (Å²) in [5.41, 5.74) is 0.903. The summed E-state index contributed by atoms with van der Waals surface area (Å²) in [5.74, 6) is -0.529. The van der Waals surface area contributed by atoms with E-state index >= 15 is 0 Å². The van der Waals surface area contributed by atoms with Gasteiger partial charge in [0.2, 0.25) is 0 Å². The van der Waals surface area contributed by atoms with Crippen molar-refractivity contribution >= 4 is 5.97 Å². The Hall–Kier alpha value is -1.93. The first kappa shape index (κ1) is 19.4. The van der Waals surface area contributed by atoms with Crippen LogP contribution in [0.5, 0.6) is 11.5 Å². The number of carbonyl (C=O) groups is 1. The van der Waals surface area contributed by atoms with Gasteiger partial charge in [0.15, 0.2) is 11.5 Å². The summed E-state index contributed by atoms with van der Waals surface area (Å²) in [4.78, 5) is 12.8. The monoisotopic (exact) mass is 358 g/mol. The maximum atomic E-state index is 12.3. The molecule has 0 saturated heterocycles. The fraction of sp³-hybridized carbons (Fsp3) is 0.588. The molecule has 1 aromatic rings. The fourth-order valence-electron chi connectivity index (χ4n) is 3.00. The first-order chi connectivity index (χ1) is 11.9. The second-order valence-corrected chi connectivity index (χ2v) is 6.02. The lowest BCUT2D eigenvalue weighted by Gasteiger charge is -2.42. The molecule has 2 rings (SSSR count). The number of aliphatic carboxylic acids is 1. The van der Waals surface area contributed by atoms with E-state index in [4.69, 9.17) is 9.84 Å². The summed E-state index contributed by atoms with van der Waals surface area (Å²) in [6, 6.07) is 5.46. The quantitative estimate of drug-likeness (QED) is 0.669. The van der Waals surface area contributed by atoms with Crippen LogP contribution in [0.1, 0.15) is 25.3 Å². The molecular formula is C17H24F2N2O4. The van der Waals surface area contributed by atoms with Gasteiger partial charge in [0.05, 0.1) is 13.7 Å². The number of nitrogens with zero attached hydrogens (tertiary/aromatic N) is 1. The largest absolute Gasteiger partial charge is 0.493 e. The molecule has 0 aliphatic heterocycles. The van der Waals surface area contributed by atoms with Gasteiger partial charge >= 0.3 is 12.6 Å². The van der Waals surface area contributed by atoms with E-state index in [9.17, 15) is 13.6 Å². The van der Waals surface area contributed by atoms with E-state index in [0.29, 0.717) is 19.1 Å². The number of methoxy groups -OCH3 is 1. The molecule has 8 heteroatoms. The number of nitrogens with one attached hydrogen (secondary N) is 1. The molecule has 1 aliphatic rings. The van der Waals surface area contributed by atoms with Crippen molar-refractivity contribution in [2.24, 2.45) is 0 Å². The number of likely N-dealkylation sites (N-methyl/N-ethyl adjacent to an activating group) is 1. The Bertz CT molecular complexity index is 580. The number of hydrogen-bond acceptors (Lipinski definition) is 5. The second kappa shape index (κ2) is 8.96. The van der Waals surface area contributed by atoms with E-state index in [1.54, 1.807) is 12.1 Å². The SMILES string of the molecule is CCN(CC(=O)O)C1CC(NCc2ccc(OC(F)F)c(OC)c2)C1. The van der Waals surface area contributed by atoms with Gasteiger partial charge in [0.25, 0.3) is 0 Å². The van der Waals surface area contributed by atoms with Gasteiger partial charge in [-0.1, -0.05) is 13.0 Å². The molecule has 2 N–H and O–H groups in total. The van der Waals surface area contributed by atoms with Crippen LogP contribution < -0.4 is 14.8 Å². The number of halogens is 2. The molecule has 1 saturated carbocycles. The Morgan fingerprint density at radius 2 is 2.12 bits per heavy atom. The standard InChI is InChI=1S/C17H24F2N2O4/c1-3-21(10-16(22)23)13-7-12(8-13)20-9-11-4-5-14(25-17(18)19)15(6-11)24-2/h4-6,12-13,17,20H,3,7-10H2,1-2H3,(H,22,23). The third kappa shape index (κ3) is 5.54. The number of carboxylic acids is 1. The van der Waals surface area contributed by atoms with Crippen LogP contribution in [0, 0.1) is 0 Å². The molecule has 0 aromatic heterocycles. The zero-order valence-electron chi connectivity index (χ0n) is 14.4. The van der Waals surface area contributed by atoms with Gasteiger partial charge in [-0.05, 0) is 37.1 Å². The average Bonchev–Trinajstić information content (AvgIpc) is 2.52. The molecule has 0 amide bonds. The highest BCUT2D eigenvalue weighted by molar-refractivity contribution is 5.69. The summed E-state index contributed by atoms with van der Waals surface area (Å²) in [5, 5.41) is 12.3. The lowest BCUT2D eigenvalue weighted by atomic mass is 9.85. The zero-order valence-corrected chi connectivity index (χ0v) is 14.4. The van der Waals surface area contributed by atoms with E-state index in [1.165, 1.54) is 13.2 Å². The van der Waals surface area contributed by atoms with E-state index < -0.39 is 12.6 Å². The van der Waals surface area contributed by atoms with Crippen LogP contribution in [-0.4, -0.2) is 54.9 Å². The van der Waals surface area contributed by atoms with Crippen LogP contribution in [0.25, 0.3) is 0 Å². The normalized spacial score (nSPS) is 19.8. The number of carboxylic acid groups (broad SMARTS) is 1. The summed E-state index contributed by atoms with van der Waals surface area (Å²) in [7, 11) is 1.41. The molecular weight excluding hydrogens is 334 g/mol. The smallest absolute Gasteiger partial charge is 0.387 e. The Labute approximate surface area is 145 Å². The maximum Gasteiger partial charge on any atom is 0.387 e. The summed E-state index contributed by atoms with van der Waals surface area (Å²) < 4.78 is 34.1. The zero-order chi connectivity index (χ0) is 18.4. The summed E-state index contributed by atoms with van der Waals surface area (Å²) in [6.45, 7) is 0.424. The third-order valence-corrected chi connectivity index (χ3v) is 4.41. The van der Waals surface area contributed by atoms with Crippen molar-refractivity contribution in [3.05, 3.63) is 23.8 Å². The highest BCUT2D eigenvalue weighted by Gasteiger charge is 2.33. The molecule has 6 nitrogen and oxygen atoms in total. The molecule has 0 spiro atoms. The number of rotatable bonds is 10. The minimum absolute atomic E-state index is 0.0113. The highest BCUT2D eigenvalue weighted by Crippen LogP contribution is 2.30.